The molecule has 0 aliphatic carbocycles. The first-order valence-corrected chi connectivity index (χ1v) is 15.0. The number of hydrogen-bond acceptors (Lipinski definition) is 9. The molecule has 37 heavy (non-hydrogen) atoms. The number of nitrogens with one attached hydrogen (secondary N) is 1. The second-order valence-electron chi connectivity index (χ2n) is 8.57. The van der Waals surface area contributed by atoms with Crippen LogP contribution in [-0.2, 0) is 34.6 Å². The van der Waals surface area contributed by atoms with Crippen LogP contribution in [0.2, 0.25) is 0 Å². The number of rotatable bonds is 9. The second kappa shape index (κ2) is 14.3. The average Bonchev–Trinajstić information content (AvgIpc) is 2.83. The summed E-state index contributed by atoms with van der Waals surface area (Å²) in [6.45, 7) is 5.69. The second-order valence-corrected chi connectivity index (χ2v) is 12.1. The molecule has 1 heterocycles. The van der Waals surface area contributed by atoms with Crippen molar-refractivity contribution in [3.63, 3.8) is 0 Å². The third-order valence-electron chi connectivity index (χ3n) is 5.77. The van der Waals surface area contributed by atoms with Gasteiger partial charge in [0.05, 0.1) is 0 Å². The molecule has 1 saturated heterocycles. The molecular weight excluding hydrogens is 617 g/mol. The van der Waals surface area contributed by atoms with E-state index in [1.165, 1.54) is 39.1 Å². The predicted octanol–water partition coefficient (Wildman–Crippen LogP) is 2.32. The Hall–Kier alpha value is -1.97. The van der Waals surface area contributed by atoms with E-state index < -0.39 is 44.2 Å². The van der Waals surface area contributed by atoms with Crippen molar-refractivity contribution in [1.29, 1.82) is 0 Å². The predicted molar refractivity (Wildman–Crippen MR) is 147 cm³/mol. The number of likely N-dealkylation sites (N-methyl/N-ethyl adjacent to an activating group) is 1. The van der Waals surface area contributed by atoms with Crippen LogP contribution >= 0.6 is 29.0 Å². The van der Waals surface area contributed by atoms with Crippen molar-refractivity contribution in [3.8, 4) is 5.75 Å². The average molecular weight is 646 g/mol. The zero-order valence-corrected chi connectivity index (χ0v) is 24.1. The fourth-order valence-corrected chi connectivity index (χ4v) is 4.49. The smallest absolute Gasteiger partial charge is 0.456 e. The SMILES string of the molecule is [B]B=S(I)OC(=O)N(C)CC(=O)Nc1cc(CO)ccc1O[C@@H]1OC(C(C)=O)[C@@H](C)[C@H](C)C1OC(C)=O. The Labute approximate surface area is 232 Å². The maximum atomic E-state index is 12.7. The van der Waals surface area contributed by atoms with Gasteiger partial charge in [0.2, 0.25) is 0 Å². The van der Waals surface area contributed by atoms with Crippen LogP contribution in [0.1, 0.15) is 33.3 Å². The van der Waals surface area contributed by atoms with Gasteiger partial charge in [-0.25, -0.2) is 0 Å². The van der Waals surface area contributed by atoms with Crippen LogP contribution in [0.3, 0.4) is 0 Å². The molecule has 0 bridgehead atoms. The number of carbonyl (C=O) groups excluding carboxylic acids is 4. The number of benzene rings is 1. The summed E-state index contributed by atoms with van der Waals surface area (Å²) in [4.78, 5) is 49.9. The summed E-state index contributed by atoms with van der Waals surface area (Å²) in [6, 6.07) is 5.80. The van der Waals surface area contributed by atoms with E-state index in [1.807, 2.05) is 35.1 Å². The number of aliphatic hydroxyl groups excluding tert-OH is 1. The van der Waals surface area contributed by atoms with E-state index in [2.05, 4.69) is 5.32 Å². The summed E-state index contributed by atoms with van der Waals surface area (Å²) in [5.41, 5.74) is 0.658. The molecule has 2 rings (SSSR count). The van der Waals surface area contributed by atoms with Gasteiger partial charge in [-0.3, -0.25) is 9.59 Å². The van der Waals surface area contributed by atoms with Crippen LogP contribution in [0.15, 0.2) is 18.2 Å². The maximum absolute atomic E-state index is 12.7. The minimum atomic E-state index is -1.15. The van der Waals surface area contributed by atoms with Gasteiger partial charge < -0.3 is 4.74 Å². The summed E-state index contributed by atoms with van der Waals surface area (Å²) in [5, 5.41) is 12.2. The Bertz CT molecular complexity index is 1060. The zero-order valence-electron chi connectivity index (χ0n) is 21.1. The van der Waals surface area contributed by atoms with Gasteiger partial charge in [-0.05, 0) is 12.8 Å². The van der Waals surface area contributed by atoms with Gasteiger partial charge in [0.25, 0.3) is 0 Å². The van der Waals surface area contributed by atoms with Gasteiger partial charge in [0, 0.05) is 12.8 Å². The van der Waals surface area contributed by atoms with Crippen molar-refractivity contribution in [2.45, 2.75) is 52.8 Å². The number of nitrogens with zero attached hydrogens (tertiary/aromatic N) is 1. The molecule has 0 aromatic heterocycles. The minimum Gasteiger partial charge on any atom is -0.456 e. The van der Waals surface area contributed by atoms with E-state index in [-0.39, 0.29) is 42.2 Å². The number of Topliss-reactive ketones (excluding diaryl/α,β-unsaturated/α-hetero) is 1. The molecule has 1 fully saturated rings. The van der Waals surface area contributed by atoms with E-state index in [4.69, 9.17) is 26.1 Å². The molecule has 0 saturated carbocycles. The van der Waals surface area contributed by atoms with Crippen LogP contribution in [-0.4, -0.2) is 79.6 Å². The molecular formula is C22H29B2IN2O9S. The van der Waals surface area contributed by atoms with Gasteiger partial charge >= 0.3 is 167 Å². The molecule has 200 valence electrons. The van der Waals surface area contributed by atoms with Gasteiger partial charge in [-0.1, -0.05) is 13.8 Å². The molecule has 1 aliphatic rings. The van der Waals surface area contributed by atoms with Crippen molar-refractivity contribution in [2.24, 2.45) is 11.8 Å². The van der Waals surface area contributed by atoms with Crippen LogP contribution in [0.4, 0.5) is 10.5 Å². The van der Waals surface area contributed by atoms with Crippen molar-refractivity contribution < 1.29 is 42.7 Å². The summed E-state index contributed by atoms with van der Waals surface area (Å²) in [6.07, 6.45) is -3.50. The van der Waals surface area contributed by atoms with Crippen LogP contribution in [0.25, 0.3) is 0 Å². The Morgan fingerprint density at radius 3 is 2.49 bits per heavy atom. The number of ether oxygens (including phenoxy) is 3. The fraction of sp³-hybridized carbons (Fsp3) is 0.545. The van der Waals surface area contributed by atoms with E-state index in [1.54, 1.807) is 6.07 Å². The molecule has 11 nitrogen and oxygen atoms in total. The van der Waals surface area contributed by atoms with Crippen molar-refractivity contribution >= 4 is 72.2 Å². The standard InChI is InChI=1S/C22H29B2IN2O9S/c1-11-12(2)20(33-14(4)30)21(35-19(11)13(3)29)34-17-7-6-15(10-28)8-16(17)26-18(31)9-27(5)22(32)36-37(25)24-23/h6-8,11-12,19-21,28H,9-10H2,1-5H3,(H,26,31)/t11-,12-,19?,20?,21+,37?/m0/s1. The van der Waals surface area contributed by atoms with E-state index >= 15 is 0 Å². The monoisotopic (exact) mass is 646 g/mol. The molecule has 3 unspecified atom stereocenters. The fourth-order valence-electron chi connectivity index (χ4n) is 3.71. The molecule has 6 atom stereocenters. The van der Waals surface area contributed by atoms with Crippen LogP contribution in [0.5, 0.6) is 5.75 Å². The normalized spacial score (nSPS) is 23.8. The Kier molecular flexibility index (Phi) is 12.0. The number of amides is 2. The van der Waals surface area contributed by atoms with E-state index in [9.17, 15) is 24.3 Å². The molecule has 1 aromatic rings. The summed E-state index contributed by atoms with van der Waals surface area (Å²) >= 11 is 1.83. The number of ketones is 1. The van der Waals surface area contributed by atoms with E-state index in [0.717, 1.165) is 4.90 Å². The molecule has 0 spiro atoms. The first-order valence-electron chi connectivity index (χ1n) is 11.3. The number of carbonyl (C=O) groups is 4. The van der Waals surface area contributed by atoms with Crippen LogP contribution in [0, 0.1) is 11.8 Å². The molecule has 2 amide bonds. The molecule has 2 radical (unpaired) electrons. The van der Waals surface area contributed by atoms with Gasteiger partial charge in [0.1, 0.15) is 6.10 Å². The summed E-state index contributed by atoms with van der Waals surface area (Å²) < 4.78 is 22.5. The van der Waals surface area contributed by atoms with Crippen molar-refractivity contribution in [3.05, 3.63) is 23.8 Å². The van der Waals surface area contributed by atoms with Crippen LogP contribution < -0.4 is 10.1 Å². The summed E-state index contributed by atoms with van der Waals surface area (Å²) in [7, 11) is 5.79. The number of esters is 1. The Balaban J connectivity index is 2.29. The molecule has 15 heteroatoms. The van der Waals surface area contributed by atoms with Gasteiger partial charge in [-0.15, -0.1) is 0 Å². The van der Waals surface area contributed by atoms with Gasteiger partial charge in [0.15, 0.2) is 5.78 Å². The molecule has 1 aromatic carbocycles. The number of aliphatic hydroxyl groups is 1. The number of halogens is 1. The topological polar surface area (TPSA) is 141 Å². The number of anilines is 1. The van der Waals surface area contributed by atoms with Crippen molar-refractivity contribution in [2.75, 3.05) is 18.9 Å². The summed E-state index contributed by atoms with van der Waals surface area (Å²) in [5.74, 6) is -1.69. The minimum absolute atomic E-state index is 0.147. The van der Waals surface area contributed by atoms with Crippen molar-refractivity contribution in [1.82, 2.24) is 4.90 Å². The first kappa shape index (κ1) is 31.2. The zero-order chi connectivity index (χ0) is 27.9. The number of hydrogen-bond donors (Lipinski definition) is 2. The molecule has 1 aliphatic heterocycles. The Morgan fingerprint density at radius 2 is 1.92 bits per heavy atom. The Morgan fingerprint density at radius 1 is 1.24 bits per heavy atom. The first-order chi connectivity index (χ1) is 17.4. The molecule has 2 N–H and O–H groups in total. The third-order valence-corrected chi connectivity index (χ3v) is 7.71. The third kappa shape index (κ3) is 8.79. The van der Waals surface area contributed by atoms with E-state index in [0.29, 0.717) is 5.56 Å². The quantitative estimate of drug-likeness (QED) is 0.235. The van der Waals surface area contributed by atoms with Gasteiger partial charge in [-0.2, -0.15) is 0 Å².